The van der Waals surface area contributed by atoms with Gasteiger partial charge in [0.15, 0.2) is 0 Å². The summed E-state index contributed by atoms with van der Waals surface area (Å²) in [5, 5.41) is 4.62. The second-order valence-corrected chi connectivity index (χ2v) is 6.90. The standard InChI is InChI=1S/C16H27N3O2/c1-12(2)19-9-15(14(4)17-19)8-18-7-13(3)21-16(10-18)5-6-20-11-16/h9,12-13H,5-8,10-11H2,1-4H3/t13-,16-/m0/s1. The van der Waals surface area contributed by atoms with Crippen LogP contribution in [0, 0.1) is 6.92 Å². The van der Waals surface area contributed by atoms with Gasteiger partial charge in [0.1, 0.15) is 5.60 Å². The molecule has 0 aromatic carbocycles. The molecule has 21 heavy (non-hydrogen) atoms. The molecule has 3 heterocycles. The average molecular weight is 293 g/mol. The molecule has 0 unspecified atom stereocenters. The van der Waals surface area contributed by atoms with E-state index in [1.54, 1.807) is 0 Å². The van der Waals surface area contributed by atoms with Crippen LogP contribution in [-0.4, -0.2) is 52.7 Å². The van der Waals surface area contributed by atoms with E-state index in [9.17, 15) is 0 Å². The monoisotopic (exact) mass is 293 g/mol. The van der Waals surface area contributed by atoms with Gasteiger partial charge in [-0.15, -0.1) is 0 Å². The van der Waals surface area contributed by atoms with Gasteiger partial charge < -0.3 is 9.47 Å². The molecule has 3 rings (SSSR count). The lowest BCUT2D eigenvalue weighted by atomic mass is 9.99. The first-order valence-corrected chi connectivity index (χ1v) is 8.00. The summed E-state index contributed by atoms with van der Waals surface area (Å²) in [7, 11) is 0. The molecular weight excluding hydrogens is 266 g/mol. The molecule has 1 aromatic rings. The summed E-state index contributed by atoms with van der Waals surface area (Å²) in [5.74, 6) is 0. The third-order valence-electron chi connectivity index (χ3n) is 4.49. The highest BCUT2D eigenvalue weighted by Gasteiger charge is 2.42. The number of aromatic nitrogens is 2. The SMILES string of the molecule is Cc1nn(C(C)C)cc1CN1C[C@H](C)O[C@@]2(CCOC2)C1. The second kappa shape index (κ2) is 5.71. The molecule has 0 N–H and O–H groups in total. The van der Waals surface area contributed by atoms with Gasteiger partial charge in [-0.05, 0) is 27.7 Å². The Kier molecular flexibility index (Phi) is 4.08. The Labute approximate surface area is 127 Å². The molecule has 2 aliphatic heterocycles. The lowest BCUT2D eigenvalue weighted by molar-refractivity contribution is -0.149. The average Bonchev–Trinajstić information content (AvgIpc) is 2.97. The van der Waals surface area contributed by atoms with E-state index >= 15 is 0 Å². The largest absolute Gasteiger partial charge is 0.378 e. The molecule has 0 saturated carbocycles. The summed E-state index contributed by atoms with van der Waals surface area (Å²) < 4.78 is 13.8. The lowest BCUT2D eigenvalue weighted by Gasteiger charge is -2.42. The number of ether oxygens (including phenoxy) is 2. The van der Waals surface area contributed by atoms with E-state index < -0.39 is 0 Å². The van der Waals surface area contributed by atoms with Crippen molar-refractivity contribution in [1.29, 1.82) is 0 Å². The summed E-state index contributed by atoms with van der Waals surface area (Å²) >= 11 is 0. The molecule has 0 radical (unpaired) electrons. The molecule has 5 nitrogen and oxygen atoms in total. The Balaban J connectivity index is 1.72. The quantitative estimate of drug-likeness (QED) is 0.856. The Morgan fingerprint density at radius 1 is 1.48 bits per heavy atom. The molecule has 118 valence electrons. The van der Waals surface area contributed by atoms with Gasteiger partial charge in [0.2, 0.25) is 0 Å². The minimum atomic E-state index is -0.0837. The minimum absolute atomic E-state index is 0.0837. The Bertz CT molecular complexity index is 492. The zero-order chi connectivity index (χ0) is 15.0. The van der Waals surface area contributed by atoms with Gasteiger partial charge in [-0.25, -0.2) is 0 Å². The van der Waals surface area contributed by atoms with E-state index in [1.807, 2.05) is 0 Å². The van der Waals surface area contributed by atoms with Crippen molar-refractivity contribution >= 4 is 0 Å². The van der Waals surface area contributed by atoms with Crippen molar-refractivity contribution in [3.63, 3.8) is 0 Å². The normalized spacial score (nSPS) is 30.6. The van der Waals surface area contributed by atoms with Crippen LogP contribution in [0.4, 0.5) is 0 Å². The third-order valence-corrected chi connectivity index (χ3v) is 4.49. The summed E-state index contributed by atoms with van der Waals surface area (Å²) in [6.45, 7) is 13.0. The fourth-order valence-electron chi connectivity index (χ4n) is 3.44. The minimum Gasteiger partial charge on any atom is -0.378 e. The molecular formula is C16H27N3O2. The predicted molar refractivity (Wildman–Crippen MR) is 81.3 cm³/mol. The van der Waals surface area contributed by atoms with Gasteiger partial charge >= 0.3 is 0 Å². The topological polar surface area (TPSA) is 39.5 Å². The highest BCUT2D eigenvalue weighted by atomic mass is 16.6. The van der Waals surface area contributed by atoms with Gasteiger partial charge in [0.05, 0.1) is 18.4 Å². The maximum atomic E-state index is 6.19. The van der Waals surface area contributed by atoms with E-state index in [1.165, 1.54) is 5.56 Å². The van der Waals surface area contributed by atoms with Crippen molar-refractivity contribution in [3.8, 4) is 0 Å². The zero-order valence-corrected chi connectivity index (χ0v) is 13.6. The van der Waals surface area contributed by atoms with Crippen LogP contribution in [0.15, 0.2) is 6.20 Å². The molecule has 2 aliphatic rings. The van der Waals surface area contributed by atoms with Crippen LogP contribution in [0.5, 0.6) is 0 Å². The van der Waals surface area contributed by atoms with Crippen LogP contribution >= 0.6 is 0 Å². The lowest BCUT2D eigenvalue weighted by Crippen LogP contribution is -2.55. The van der Waals surface area contributed by atoms with Gasteiger partial charge in [-0.2, -0.15) is 5.10 Å². The molecule has 2 saturated heterocycles. The maximum absolute atomic E-state index is 6.19. The Hall–Kier alpha value is -0.910. The maximum Gasteiger partial charge on any atom is 0.107 e. The molecule has 1 spiro atoms. The summed E-state index contributed by atoms with van der Waals surface area (Å²) in [6.07, 6.45) is 3.47. The predicted octanol–water partition coefficient (Wildman–Crippen LogP) is 2.15. The number of hydrogen-bond acceptors (Lipinski definition) is 4. The van der Waals surface area contributed by atoms with Crippen LogP contribution in [-0.2, 0) is 16.0 Å². The molecule has 0 bridgehead atoms. The van der Waals surface area contributed by atoms with Crippen molar-refractivity contribution in [2.24, 2.45) is 0 Å². The molecule has 1 aromatic heterocycles. The van der Waals surface area contributed by atoms with E-state index in [2.05, 4.69) is 48.6 Å². The van der Waals surface area contributed by atoms with Crippen molar-refractivity contribution in [2.45, 2.75) is 58.4 Å². The van der Waals surface area contributed by atoms with Crippen molar-refractivity contribution in [3.05, 3.63) is 17.5 Å². The molecule has 0 amide bonds. The highest BCUT2D eigenvalue weighted by molar-refractivity contribution is 5.16. The molecule has 5 heteroatoms. The number of nitrogens with zero attached hydrogens (tertiary/aromatic N) is 3. The molecule has 2 atom stereocenters. The van der Waals surface area contributed by atoms with Gasteiger partial charge in [0.25, 0.3) is 0 Å². The van der Waals surface area contributed by atoms with Crippen molar-refractivity contribution < 1.29 is 9.47 Å². The highest BCUT2D eigenvalue weighted by Crippen LogP contribution is 2.30. The van der Waals surface area contributed by atoms with Gasteiger partial charge in [-0.1, -0.05) is 0 Å². The first kappa shape index (κ1) is 15.0. The van der Waals surface area contributed by atoms with Crippen LogP contribution in [0.1, 0.15) is 44.5 Å². The van der Waals surface area contributed by atoms with Gasteiger partial charge in [-0.3, -0.25) is 9.58 Å². The number of aryl methyl sites for hydroxylation is 1. The van der Waals surface area contributed by atoms with Gasteiger partial charge in [0, 0.05) is 50.5 Å². The van der Waals surface area contributed by atoms with Crippen LogP contribution in [0.25, 0.3) is 0 Å². The molecule has 2 fully saturated rings. The smallest absolute Gasteiger partial charge is 0.107 e. The van der Waals surface area contributed by atoms with E-state index in [4.69, 9.17) is 9.47 Å². The van der Waals surface area contributed by atoms with Crippen LogP contribution in [0.2, 0.25) is 0 Å². The fourth-order valence-corrected chi connectivity index (χ4v) is 3.44. The van der Waals surface area contributed by atoms with Crippen LogP contribution in [0.3, 0.4) is 0 Å². The Morgan fingerprint density at radius 3 is 2.90 bits per heavy atom. The van der Waals surface area contributed by atoms with E-state index in [-0.39, 0.29) is 11.7 Å². The van der Waals surface area contributed by atoms with Crippen molar-refractivity contribution in [2.75, 3.05) is 26.3 Å². The second-order valence-electron chi connectivity index (χ2n) is 6.90. The summed E-state index contributed by atoms with van der Waals surface area (Å²) in [5.41, 5.74) is 2.38. The molecule has 0 aliphatic carbocycles. The van der Waals surface area contributed by atoms with E-state index in [0.29, 0.717) is 6.04 Å². The number of hydrogen-bond donors (Lipinski definition) is 0. The summed E-state index contributed by atoms with van der Waals surface area (Å²) in [4.78, 5) is 2.50. The third kappa shape index (κ3) is 3.15. The van der Waals surface area contributed by atoms with Crippen molar-refractivity contribution in [1.82, 2.24) is 14.7 Å². The van der Waals surface area contributed by atoms with Crippen LogP contribution < -0.4 is 0 Å². The first-order valence-electron chi connectivity index (χ1n) is 8.00. The number of rotatable bonds is 3. The number of morpholine rings is 1. The fraction of sp³-hybridized carbons (Fsp3) is 0.812. The first-order chi connectivity index (χ1) is 9.97. The zero-order valence-electron chi connectivity index (χ0n) is 13.6. The summed E-state index contributed by atoms with van der Waals surface area (Å²) in [6, 6.07) is 0.413. The van der Waals surface area contributed by atoms with E-state index in [0.717, 1.165) is 45.0 Å². The Morgan fingerprint density at radius 2 is 2.29 bits per heavy atom.